The standard InChI is InChI=1S/C12H20N2O2/c1-5-6-9-8(4)13-11(14-9)10(7(2)3)12(15)16/h7,10H,5-6H2,1-4H3,(H,13,14)(H,15,16). The first-order valence-corrected chi connectivity index (χ1v) is 5.75. The van der Waals surface area contributed by atoms with Crippen LogP contribution < -0.4 is 0 Å². The van der Waals surface area contributed by atoms with Crippen LogP contribution in [0, 0.1) is 12.8 Å². The smallest absolute Gasteiger partial charge is 0.314 e. The van der Waals surface area contributed by atoms with Gasteiger partial charge in [0.2, 0.25) is 0 Å². The molecule has 0 aromatic carbocycles. The average Bonchev–Trinajstić information content (AvgIpc) is 2.46. The third-order valence-electron chi connectivity index (χ3n) is 2.72. The number of aryl methyl sites for hydroxylation is 2. The lowest BCUT2D eigenvalue weighted by molar-refractivity contribution is -0.140. The second kappa shape index (κ2) is 5.14. The van der Waals surface area contributed by atoms with Gasteiger partial charge in [-0.3, -0.25) is 4.79 Å². The normalized spacial score (nSPS) is 13.1. The molecule has 0 saturated heterocycles. The summed E-state index contributed by atoms with van der Waals surface area (Å²) in [5, 5.41) is 9.17. The van der Waals surface area contributed by atoms with E-state index in [-0.39, 0.29) is 5.92 Å². The quantitative estimate of drug-likeness (QED) is 0.807. The maximum atomic E-state index is 11.2. The number of aromatic nitrogens is 2. The molecule has 0 fully saturated rings. The van der Waals surface area contributed by atoms with E-state index in [1.54, 1.807) is 0 Å². The van der Waals surface area contributed by atoms with Crippen LogP contribution in [0.2, 0.25) is 0 Å². The van der Waals surface area contributed by atoms with E-state index in [2.05, 4.69) is 16.9 Å². The molecular formula is C12H20N2O2. The zero-order valence-electron chi connectivity index (χ0n) is 10.4. The van der Waals surface area contributed by atoms with Crippen molar-refractivity contribution >= 4 is 5.97 Å². The van der Waals surface area contributed by atoms with Gasteiger partial charge in [0.15, 0.2) is 0 Å². The Hall–Kier alpha value is -1.32. The first-order chi connectivity index (χ1) is 7.47. The van der Waals surface area contributed by atoms with Crippen LogP contribution in [0.5, 0.6) is 0 Å². The topological polar surface area (TPSA) is 66.0 Å². The molecule has 4 nitrogen and oxygen atoms in total. The molecule has 4 heteroatoms. The van der Waals surface area contributed by atoms with Gasteiger partial charge in [0.1, 0.15) is 11.7 Å². The number of aromatic amines is 1. The van der Waals surface area contributed by atoms with Crippen molar-refractivity contribution in [2.75, 3.05) is 0 Å². The Bertz CT molecular complexity index is 369. The molecule has 1 rings (SSSR count). The summed E-state index contributed by atoms with van der Waals surface area (Å²) in [5.74, 6) is -0.725. The van der Waals surface area contributed by atoms with Crippen molar-refractivity contribution in [2.24, 2.45) is 5.92 Å². The highest BCUT2D eigenvalue weighted by Gasteiger charge is 2.27. The zero-order valence-corrected chi connectivity index (χ0v) is 10.4. The van der Waals surface area contributed by atoms with Crippen LogP contribution in [-0.2, 0) is 11.2 Å². The van der Waals surface area contributed by atoms with E-state index in [0.29, 0.717) is 5.82 Å². The van der Waals surface area contributed by atoms with Crippen LogP contribution in [0.3, 0.4) is 0 Å². The SMILES string of the molecule is CCCc1nc(C(C(=O)O)C(C)C)[nH]c1C. The average molecular weight is 224 g/mol. The van der Waals surface area contributed by atoms with Crippen LogP contribution >= 0.6 is 0 Å². The number of hydrogen-bond donors (Lipinski definition) is 2. The minimum atomic E-state index is -0.813. The molecule has 0 aliphatic rings. The number of nitrogens with zero attached hydrogens (tertiary/aromatic N) is 1. The van der Waals surface area contributed by atoms with Gasteiger partial charge >= 0.3 is 5.97 Å². The predicted octanol–water partition coefficient (Wildman–Crippen LogP) is 2.49. The summed E-state index contributed by atoms with van der Waals surface area (Å²) in [6, 6.07) is 0. The first kappa shape index (κ1) is 12.7. The van der Waals surface area contributed by atoms with Gasteiger partial charge in [0, 0.05) is 5.69 Å². The number of carboxylic acids is 1. The fourth-order valence-corrected chi connectivity index (χ4v) is 1.87. The molecule has 2 N–H and O–H groups in total. The second-order valence-corrected chi connectivity index (χ2v) is 4.50. The van der Waals surface area contributed by atoms with Gasteiger partial charge in [-0.1, -0.05) is 27.2 Å². The van der Waals surface area contributed by atoms with E-state index in [1.165, 1.54) is 0 Å². The van der Waals surface area contributed by atoms with Crippen LogP contribution in [0.4, 0.5) is 0 Å². The Morgan fingerprint density at radius 1 is 1.50 bits per heavy atom. The molecule has 1 aromatic rings. The lowest BCUT2D eigenvalue weighted by Gasteiger charge is -2.12. The fraction of sp³-hybridized carbons (Fsp3) is 0.667. The number of H-pyrrole nitrogens is 1. The highest BCUT2D eigenvalue weighted by Crippen LogP contribution is 2.23. The minimum absolute atomic E-state index is 0.0394. The van der Waals surface area contributed by atoms with E-state index in [1.807, 2.05) is 20.8 Å². The highest BCUT2D eigenvalue weighted by molar-refractivity contribution is 5.75. The number of carbonyl (C=O) groups is 1. The van der Waals surface area contributed by atoms with Crippen LogP contribution in [-0.4, -0.2) is 21.0 Å². The number of rotatable bonds is 5. The monoisotopic (exact) mass is 224 g/mol. The Balaban J connectivity index is 3.02. The Morgan fingerprint density at radius 3 is 2.56 bits per heavy atom. The molecule has 16 heavy (non-hydrogen) atoms. The van der Waals surface area contributed by atoms with Crippen molar-refractivity contribution in [3.05, 3.63) is 17.2 Å². The van der Waals surface area contributed by atoms with Crippen molar-refractivity contribution in [3.63, 3.8) is 0 Å². The molecule has 90 valence electrons. The lowest BCUT2D eigenvalue weighted by atomic mass is 9.95. The number of imidazole rings is 1. The summed E-state index contributed by atoms with van der Waals surface area (Å²) >= 11 is 0. The van der Waals surface area contributed by atoms with Gasteiger partial charge < -0.3 is 10.1 Å². The van der Waals surface area contributed by atoms with Gasteiger partial charge in [-0.05, 0) is 19.3 Å². The summed E-state index contributed by atoms with van der Waals surface area (Å²) in [4.78, 5) is 18.7. The van der Waals surface area contributed by atoms with Crippen LogP contribution in [0.1, 0.15) is 50.3 Å². The number of carboxylic acid groups (broad SMARTS) is 1. The number of aliphatic carboxylic acids is 1. The van der Waals surface area contributed by atoms with Gasteiger partial charge in [-0.15, -0.1) is 0 Å². The van der Waals surface area contributed by atoms with Crippen molar-refractivity contribution < 1.29 is 9.90 Å². The highest BCUT2D eigenvalue weighted by atomic mass is 16.4. The molecule has 0 amide bonds. The summed E-state index contributed by atoms with van der Waals surface area (Å²) in [6.07, 6.45) is 1.91. The number of hydrogen-bond acceptors (Lipinski definition) is 2. The van der Waals surface area contributed by atoms with Gasteiger partial charge in [-0.2, -0.15) is 0 Å². The molecule has 1 unspecified atom stereocenters. The molecule has 1 heterocycles. The lowest BCUT2D eigenvalue weighted by Crippen LogP contribution is -2.18. The Labute approximate surface area is 96.1 Å². The third-order valence-corrected chi connectivity index (χ3v) is 2.72. The third kappa shape index (κ3) is 2.62. The summed E-state index contributed by atoms with van der Waals surface area (Å²) in [7, 11) is 0. The van der Waals surface area contributed by atoms with Crippen molar-refractivity contribution in [3.8, 4) is 0 Å². The van der Waals surface area contributed by atoms with Crippen molar-refractivity contribution in [1.82, 2.24) is 9.97 Å². The first-order valence-electron chi connectivity index (χ1n) is 5.75. The maximum Gasteiger partial charge on any atom is 0.314 e. The summed E-state index contributed by atoms with van der Waals surface area (Å²) < 4.78 is 0. The Kier molecular flexibility index (Phi) is 4.10. The molecular weight excluding hydrogens is 204 g/mol. The van der Waals surface area contributed by atoms with Crippen LogP contribution in [0.15, 0.2) is 0 Å². The Morgan fingerprint density at radius 2 is 2.12 bits per heavy atom. The minimum Gasteiger partial charge on any atom is -0.481 e. The molecule has 0 aliphatic heterocycles. The molecule has 0 bridgehead atoms. The molecule has 0 aliphatic carbocycles. The number of nitrogens with one attached hydrogen (secondary N) is 1. The molecule has 0 spiro atoms. The zero-order chi connectivity index (χ0) is 12.3. The summed E-state index contributed by atoms with van der Waals surface area (Å²) in [5.41, 5.74) is 1.98. The molecule has 1 atom stereocenters. The fourth-order valence-electron chi connectivity index (χ4n) is 1.87. The second-order valence-electron chi connectivity index (χ2n) is 4.50. The van der Waals surface area contributed by atoms with E-state index in [4.69, 9.17) is 5.11 Å². The van der Waals surface area contributed by atoms with E-state index < -0.39 is 11.9 Å². The van der Waals surface area contributed by atoms with E-state index >= 15 is 0 Å². The maximum absolute atomic E-state index is 11.2. The molecule has 1 aromatic heterocycles. The molecule has 0 radical (unpaired) electrons. The van der Waals surface area contributed by atoms with Gasteiger partial charge in [-0.25, -0.2) is 4.98 Å². The molecule has 0 saturated carbocycles. The van der Waals surface area contributed by atoms with Crippen molar-refractivity contribution in [2.45, 2.75) is 46.5 Å². The van der Waals surface area contributed by atoms with Crippen LogP contribution in [0.25, 0.3) is 0 Å². The van der Waals surface area contributed by atoms with E-state index in [0.717, 1.165) is 24.2 Å². The summed E-state index contributed by atoms with van der Waals surface area (Å²) in [6.45, 7) is 7.83. The van der Waals surface area contributed by atoms with Gasteiger partial charge in [0.25, 0.3) is 0 Å². The van der Waals surface area contributed by atoms with E-state index in [9.17, 15) is 4.79 Å². The largest absolute Gasteiger partial charge is 0.481 e. The predicted molar refractivity (Wildman–Crippen MR) is 62.5 cm³/mol. The van der Waals surface area contributed by atoms with Crippen molar-refractivity contribution in [1.29, 1.82) is 0 Å². The van der Waals surface area contributed by atoms with Gasteiger partial charge in [0.05, 0.1) is 5.69 Å².